The molecule has 1 fully saturated rings. The van der Waals surface area contributed by atoms with Crippen molar-refractivity contribution < 1.29 is 0 Å². The van der Waals surface area contributed by atoms with E-state index in [9.17, 15) is 4.79 Å². The summed E-state index contributed by atoms with van der Waals surface area (Å²) in [6, 6.07) is 21.5. The highest BCUT2D eigenvalue weighted by Crippen LogP contribution is 2.31. The third-order valence-corrected chi connectivity index (χ3v) is 7.67. The lowest BCUT2D eigenvalue weighted by atomic mass is 10.0. The zero-order chi connectivity index (χ0) is 27.6. The fraction of sp³-hybridized carbons (Fsp3) is 0.226. The Morgan fingerprint density at radius 3 is 2.42 bits per heavy atom. The Morgan fingerprint density at radius 1 is 0.925 bits per heavy atom. The Kier molecular flexibility index (Phi) is 7.19. The SMILES string of the molecule is CCn1c(=O)c(-c2ccc(-c3ccccn3)cc2Cl)cc2cnc(Nc3ccc(N4CCN(C)CC4)cc3)nc21. The van der Waals surface area contributed by atoms with Gasteiger partial charge in [-0.1, -0.05) is 29.8 Å². The number of hydrogen-bond acceptors (Lipinski definition) is 7. The van der Waals surface area contributed by atoms with Crippen molar-refractivity contribution in [1.82, 2.24) is 24.4 Å². The number of halogens is 1. The fourth-order valence-electron chi connectivity index (χ4n) is 5.08. The van der Waals surface area contributed by atoms with Crippen molar-refractivity contribution in [3.63, 3.8) is 0 Å². The van der Waals surface area contributed by atoms with Crippen LogP contribution in [-0.4, -0.2) is 57.6 Å². The van der Waals surface area contributed by atoms with Crippen LogP contribution in [0.3, 0.4) is 0 Å². The van der Waals surface area contributed by atoms with Gasteiger partial charge in [-0.05, 0) is 62.5 Å². The first kappa shape index (κ1) is 26.0. The number of hydrogen-bond donors (Lipinski definition) is 1. The van der Waals surface area contributed by atoms with Gasteiger partial charge in [-0.25, -0.2) is 4.98 Å². The molecule has 1 aliphatic rings. The molecule has 1 saturated heterocycles. The summed E-state index contributed by atoms with van der Waals surface area (Å²) >= 11 is 6.69. The zero-order valence-corrected chi connectivity index (χ0v) is 23.3. The molecule has 1 aliphatic heterocycles. The molecule has 0 saturated carbocycles. The van der Waals surface area contributed by atoms with Crippen LogP contribution < -0.4 is 15.8 Å². The smallest absolute Gasteiger partial charge is 0.260 e. The number of fused-ring (bicyclic) bond motifs is 1. The number of piperazine rings is 1. The minimum absolute atomic E-state index is 0.149. The van der Waals surface area contributed by atoms with E-state index in [4.69, 9.17) is 16.6 Å². The standard InChI is InChI=1S/C31H30ClN7O/c1-3-39-29-22(18-26(30(39)40)25-12-7-21(19-27(25)32)28-6-4-5-13-33-28)20-34-31(36-29)35-23-8-10-24(11-9-23)38-16-14-37(2)15-17-38/h4-13,18-20H,3,14-17H2,1-2H3,(H,34,35,36). The summed E-state index contributed by atoms with van der Waals surface area (Å²) in [6.07, 6.45) is 3.49. The third kappa shape index (κ3) is 5.15. The van der Waals surface area contributed by atoms with Crippen LogP contribution in [-0.2, 0) is 6.54 Å². The van der Waals surface area contributed by atoms with Gasteiger partial charge < -0.3 is 15.1 Å². The summed E-state index contributed by atoms with van der Waals surface area (Å²) in [7, 11) is 2.16. The van der Waals surface area contributed by atoms with Crippen molar-refractivity contribution in [3.05, 3.63) is 94.5 Å². The van der Waals surface area contributed by atoms with E-state index in [2.05, 4.69) is 44.3 Å². The molecule has 0 aliphatic carbocycles. The molecule has 0 amide bonds. The highest BCUT2D eigenvalue weighted by atomic mass is 35.5. The van der Waals surface area contributed by atoms with E-state index in [1.807, 2.05) is 61.5 Å². The van der Waals surface area contributed by atoms with E-state index in [0.29, 0.717) is 34.3 Å². The van der Waals surface area contributed by atoms with Crippen LogP contribution in [0.25, 0.3) is 33.4 Å². The van der Waals surface area contributed by atoms with Gasteiger partial charge in [0.05, 0.1) is 5.69 Å². The number of aromatic nitrogens is 4. The molecule has 3 aromatic heterocycles. The van der Waals surface area contributed by atoms with E-state index >= 15 is 0 Å². The van der Waals surface area contributed by atoms with Crippen LogP contribution in [0, 0.1) is 0 Å². The van der Waals surface area contributed by atoms with Gasteiger partial charge in [0.15, 0.2) is 0 Å². The number of nitrogens with one attached hydrogen (secondary N) is 1. The largest absolute Gasteiger partial charge is 0.369 e. The first-order valence-electron chi connectivity index (χ1n) is 13.4. The molecule has 0 bridgehead atoms. The van der Waals surface area contributed by atoms with Crippen LogP contribution in [0.4, 0.5) is 17.3 Å². The second-order valence-corrected chi connectivity index (χ2v) is 10.4. The van der Waals surface area contributed by atoms with Gasteiger partial charge in [-0.2, -0.15) is 4.98 Å². The van der Waals surface area contributed by atoms with E-state index in [-0.39, 0.29) is 5.56 Å². The fourth-order valence-corrected chi connectivity index (χ4v) is 5.36. The van der Waals surface area contributed by atoms with Crippen molar-refractivity contribution in [2.75, 3.05) is 43.4 Å². The molecule has 6 rings (SSSR count). The molecule has 4 heterocycles. The average Bonchev–Trinajstić information content (AvgIpc) is 2.98. The minimum Gasteiger partial charge on any atom is -0.369 e. The molecule has 1 N–H and O–H groups in total. The monoisotopic (exact) mass is 551 g/mol. The normalized spacial score (nSPS) is 14.0. The van der Waals surface area contributed by atoms with Gasteiger partial charge >= 0.3 is 0 Å². The summed E-state index contributed by atoms with van der Waals surface area (Å²) in [5.74, 6) is 0.437. The topological polar surface area (TPSA) is 79.2 Å². The number of aryl methyl sites for hydroxylation is 1. The Bertz CT molecular complexity index is 1710. The quantitative estimate of drug-likeness (QED) is 0.290. The molecular formula is C31H30ClN7O. The highest BCUT2D eigenvalue weighted by Gasteiger charge is 2.17. The predicted octanol–water partition coefficient (Wildman–Crippen LogP) is 5.69. The third-order valence-electron chi connectivity index (χ3n) is 7.36. The molecular weight excluding hydrogens is 522 g/mol. The number of anilines is 3. The maximum absolute atomic E-state index is 13.6. The van der Waals surface area contributed by atoms with Crippen LogP contribution in [0.15, 0.2) is 83.9 Å². The van der Waals surface area contributed by atoms with Crippen LogP contribution in [0.5, 0.6) is 0 Å². The number of benzene rings is 2. The zero-order valence-electron chi connectivity index (χ0n) is 22.5. The molecule has 0 radical (unpaired) electrons. The van der Waals surface area contributed by atoms with Gasteiger partial charge in [0.25, 0.3) is 5.56 Å². The molecule has 2 aromatic carbocycles. The minimum atomic E-state index is -0.149. The summed E-state index contributed by atoms with van der Waals surface area (Å²) in [5, 5.41) is 4.54. The molecule has 0 unspecified atom stereocenters. The number of likely N-dealkylation sites (N-methyl/N-ethyl adjacent to an activating group) is 1. The van der Waals surface area contributed by atoms with Crippen molar-refractivity contribution >= 4 is 40.0 Å². The molecule has 9 heteroatoms. The molecule has 202 valence electrons. The Labute approximate surface area is 237 Å². The van der Waals surface area contributed by atoms with Gasteiger partial charge in [-0.3, -0.25) is 14.3 Å². The first-order chi connectivity index (χ1) is 19.5. The lowest BCUT2D eigenvalue weighted by Crippen LogP contribution is -2.44. The van der Waals surface area contributed by atoms with Gasteiger partial charge in [0.2, 0.25) is 5.95 Å². The summed E-state index contributed by atoms with van der Waals surface area (Å²) in [5.41, 5.74) is 5.40. The van der Waals surface area contributed by atoms with Gasteiger partial charge in [0, 0.05) is 83.6 Å². The van der Waals surface area contributed by atoms with Crippen LogP contribution in [0.2, 0.25) is 5.02 Å². The molecule has 40 heavy (non-hydrogen) atoms. The Hall–Kier alpha value is -4.27. The number of nitrogens with zero attached hydrogens (tertiary/aromatic N) is 6. The van der Waals surface area contributed by atoms with Crippen molar-refractivity contribution in [2.24, 2.45) is 0 Å². The highest BCUT2D eigenvalue weighted by molar-refractivity contribution is 6.33. The summed E-state index contributed by atoms with van der Waals surface area (Å²) < 4.78 is 1.66. The number of rotatable bonds is 6. The molecule has 0 spiro atoms. The van der Waals surface area contributed by atoms with Crippen molar-refractivity contribution in [1.29, 1.82) is 0 Å². The summed E-state index contributed by atoms with van der Waals surface area (Å²) in [6.45, 7) is 6.56. The molecule has 8 nitrogen and oxygen atoms in total. The molecule has 0 atom stereocenters. The number of pyridine rings is 2. The second kappa shape index (κ2) is 11.1. The van der Waals surface area contributed by atoms with Crippen molar-refractivity contribution in [2.45, 2.75) is 13.5 Å². The lowest BCUT2D eigenvalue weighted by molar-refractivity contribution is 0.313. The lowest BCUT2D eigenvalue weighted by Gasteiger charge is -2.34. The van der Waals surface area contributed by atoms with Gasteiger partial charge in [-0.15, -0.1) is 0 Å². The van der Waals surface area contributed by atoms with Crippen LogP contribution in [0.1, 0.15) is 6.92 Å². The summed E-state index contributed by atoms with van der Waals surface area (Å²) in [4.78, 5) is 32.0. The van der Waals surface area contributed by atoms with E-state index in [0.717, 1.165) is 48.5 Å². The maximum Gasteiger partial charge on any atom is 0.260 e. The maximum atomic E-state index is 13.6. The Morgan fingerprint density at radius 2 is 1.73 bits per heavy atom. The molecule has 5 aromatic rings. The average molecular weight is 552 g/mol. The van der Waals surface area contributed by atoms with Gasteiger partial charge in [0.1, 0.15) is 5.65 Å². The van der Waals surface area contributed by atoms with E-state index < -0.39 is 0 Å². The second-order valence-electron chi connectivity index (χ2n) is 9.95. The predicted molar refractivity (Wildman–Crippen MR) is 163 cm³/mol. The van der Waals surface area contributed by atoms with E-state index in [1.54, 1.807) is 17.0 Å². The van der Waals surface area contributed by atoms with Crippen molar-refractivity contribution in [3.8, 4) is 22.4 Å². The first-order valence-corrected chi connectivity index (χ1v) is 13.8. The Balaban J connectivity index is 1.28. The van der Waals surface area contributed by atoms with E-state index in [1.165, 1.54) is 5.69 Å². The van der Waals surface area contributed by atoms with Crippen LogP contribution >= 0.6 is 11.6 Å².